The maximum Gasteiger partial charge on any atom is 0.0120 e. The fourth-order valence-corrected chi connectivity index (χ4v) is 3.70. The summed E-state index contributed by atoms with van der Waals surface area (Å²) in [5.74, 6) is 1.73. The Morgan fingerprint density at radius 3 is 2.50 bits per heavy atom. The Bertz CT molecular complexity index is 273. The van der Waals surface area contributed by atoms with E-state index in [0.717, 1.165) is 23.9 Å². The van der Waals surface area contributed by atoms with Gasteiger partial charge in [-0.15, -0.1) is 0 Å². The van der Waals surface area contributed by atoms with Gasteiger partial charge in [0.2, 0.25) is 0 Å². The summed E-state index contributed by atoms with van der Waals surface area (Å²) in [6.07, 6.45) is 5.41. The second kappa shape index (κ2) is 7.77. The van der Waals surface area contributed by atoms with E-state index in [-0.39, 0.29) is 0 Å². The quantitative estimate of drug-likeness (QED) is 0.781. The second-order valence-corrected chi connectivity index (χ2v) is 7.44. The lowest BCUT2D eigenvalue weighted by Gasteiger charge is -2.40. The van der Waals surface area contributed by atoms with Crippen molar-refractivity contribution >= 4 is 0 Å². The predicted octanol–water partition coefficient (Wildman–Crippen LogP) is 2.43. The first kappa shape index (κ1) is 16.3. The van der Waals surface area contributed by atoms with Gasteiger partial charge in [0, 0.05) is 18.6 Å². The summed E-state index contributed by atoms with van der Waals surface area (Å²) in [5.41, 5.74) is 0. The molecule has 3 atom stereocenters. The molecule has 0 aromatic carbocycles. The fraction of sp³-hybridized carbons (Fsp3) is 1.00. The van der Waals surface area contributed by atoms with Gasteiger partial charge in [-0.05, 0) is 77.7 Å². The number of rotatable bonds is 5. The zero-order valence-electron chi connectivity index (χ0n) is 14.1. The SMILES string of the molecule is CC1CCN(CCCNC2CC(C)N(C)CC2C)CC1. The van der Waals surface area contributed by atoms with Gasteiger partial charge < -0.3 is 15.1 Å². The first-order chi connectivity index (χ1) is 9.56. The standard InChI is InChI=1S/C17H35N3/c1-14-6-10-20(11-7-14)9-5-8-18-17-12-16(3)19(4)13-15(17)2/h14-18H,5-13H2,1-4H3. The van der Waals surface area contributed by atoms with E-state index in [1.807, 2.05) is 0 Å². The van der Waals surface area contributed by atoms with Crippen molar-refractivity contribution in [2.45, 2.75) is 58.5 Å². The highest BCUT2D eigenvalue weighted by atomic mass is 15.2. The molecule has 1 N–H and O–H groups in total. The van der Waals surface area contributed by atoms with Crippen molar-refractivity contribution in [2.75, 3.05) is 39.8 Å². The molecule has 0 aromatic heterocycles. The highest BCUT2D eigenvalue weighted by Gasteiger charge is 2.28. The molecule has 0 aliphatic carbocycles. The molecule has 2 heterocycles. The van der Waals surface area contributed by atoms with E-state index < -0.39 is 0 Å². The molecule has 0 aromatic rings. The lowest BCUT2D eigenvalue weighted by Crippen LogP contribution is -2.51. The average Bonchev–Trinajstić information content (AvgIpc) is 2.42. The average molecular weight is 281 g/mol. The minimum Gasteiger partial charge on any atom is -0.314 e. The van der Waals surface area contributed by atoms with Crippen LogP contribution >= 0.6 is 0 Å². The van der Waals surface area contributed by atoms with Crippen molar-refractivity contribution in [1.29, 1.82) is 0 Å². The van der Waals surface area contributed by atoms with Crippen molar-refractivity contribution in [3.8, 4) is 0 Å². The molecule has 2 aliphatic heterocycles. The van der Waals surface area contributed by atoms with Crippen molar-refractivity contribution in [2.24, 2.45) is 11.8 Å². The molecule has 0 amide bonds. The second-order valence-electron chi connectivity index (χ2n) is 7.44. The Morgan fingerprint density at radius 2 is 1.80 bits per heavy atom. The molecule has 0 radical (unpaired) electrons. The van der Waals surface area contributed by atoms with Crippen LogP contribution in [0.15, 0.2) is 0 Å². The van der Waals surface area contributed by atoms with E-state index in [9.17, 15) is 0 Å². The van der Waals surface area contributed by atoms with E-state index >= 15 is 0 Å². The molecule has 2 fully saturated rings. The first-order valence-corrected chi connectivity index (χ1v) is 8.72. The van der Waals surface area contributed by atoms with Crippen molar-refractivity contribution in [3.63, 3.8) is 0 Å². The van der Waals surface area contributed by atoms with Gasteiger partial charge in [0.25, 0.3) is 0 Å². The smallest absolute Gasteiger partial charge is 0.0120 e. The van der Waals surface area contributed by atoms with Crippen molar-refractivity contribution in [3.05, 3.63) is 0 Å². The van der Waals surface area contributed by atoms with Crippen LogP contribution in [-0.4, -0.2) is 61.7 Å². The summed E-state index contributed by atoms with van der Waals surface area (Å²) in [7, 11) is 2.26. The van der Waals surface area contributed by atoms with Crippen LogP contribution in [0.5, 0.6) is 0 Å². The molecule has 2 saturated heterocycles. The number of hydrogen-bond donors (Lipinski definition) is 1. The molecule has 0 spiro atoms. The van der Waals surface area contributed by atoms with Crippen LogP contribution in [0.3, 0.4) is 0 Å². The Kier molecular flexibility index (Phi) is 6.31. The van der Waals surface area contributed by atoms with Gasteiger partial charge in [-0.25, -0.2) is 0 Å². The maximum absolute atomic E-state index is 3.82. The van der Waals surface area contributed by atoms with Crippen LogP contribution < -0.4 is 5.32 Å². The summed E-state index contributed by atoms with van der Waals surface area (Å²) in [5, 5.41) is 3.82. The van der Waals surface area contributed by atoms with Gasteiger partial charge >= 0.3 is 0 Å². The third-order valence-corrected chi connectivity index (χ3v) is 5.54. The van der Waals surface area contributed by atoms with Gasteiger partial charge in [-0.3, -0.25) is 0 Å². The Balaban J connectivity index is 1.59. The third-order valence-electron chi connectivity index (χ3n) is 5.54. The van der Waals surface area contributed by atoms with Gasteiger partial charge in [-0.2, -0.15) is 0 Å². The molecule has 118 valence electrons. The molecule has 20 heavy (non-hydrogen) atoms. The molecule has 3 nitrogen and oxygen atoms in total. The van der Waals surface area contributed by atoms with Crippen LogP contribution in [0.1, 0.15) is 46.5 Å². The maximum atomic E-state index is 3.82. The van der Waals surface area contributed by atoms with E-state index in [4.69, 9.17) is 0 Å². The monoisotopic (exact) mass is 281 g/mol. The van der Waals surface area contributed by atoms with Crippen LogP contribution in [0, 0.1) is 11.8 Å². The molecule has 2 rings (SSSR count). The third kappa shape index (κ3) is 4.71. The lowest BCUT2D eigenvalue weighted by molar-refractivity contribution is 0.120. The van der Waals surface area contributed by atoms with E-state index in [1.54, 1.807) is 0 Å². The molecule has 3 heteroatoms. The Morgan fingerprint density at radius 1 is 1.10 bits per heavy atom. The largest absolute Gasteiger partial charge is 0.314 e. The van der Waals surface area contributed by atoms with Crippen LogP contribution in [0.4, 0.5) is 0 Å². The predicted molar refractivity (Wildman–Crippen MR) is 87.1 cm³/mol. The Labute approximate surface area is 126 Å². The summed E-state index contributed by atoms with van der Waals surface area (Å²) in [6, 6.07) is 1.45. The molecule has 3 unspecified atom stereocenters. The number of nitrogens with zero attached hydrogens (tertiary/aromatic N) is 2. The normalized spacial score (nSPS) is 34.5. The molecule has 0 bridgehead atoms. The number of hydrogen-bond acceptors (Lipinski definition) is 3. The molecular formula is C17H35N3. The van der Waals surface area contributed by atoms with Gasteiger partial charge in [0.1, 0.15) is 0 Å². The molecular weight excluding hydrogens is 246 g/mol. The minimum absolute atomic E-state index is 0.725. The number of piperidine rings is 2. The topological polar surface area (TPSA) is 18.5 Å². The van der Waals surface area contributed by atoms with E-state index in [0.29, 0.717) is 0 Å². The van der Waals surface area contributed by atoms with Crippen LogP contribution in [0.2, 0.25) is 0 Å². The van der Waals surface area contributed by atoms with E-state index in [2.05, 4.69) is 42.9 Å². The van der Waals surface area contributed by atoms with Gasteiger partial charge in [0.05, 0.1) is 0 Å². The summed E-state index contributed by atoms with van der Waals surface area (Å²) in [6.45, 7) is 13.5. The van der Waals surface area contributed by atoms with Gasteiger partial charge in [0.15, 0.2) is 0 Å². The zero-order valence-corrected chi connectivity index (χ0v) is 14.1. The molecule has 2 aliphatic rings. The highest BCUT2D eigenvalue weighted by molar-refractivity contribution is 4.86. The zero-order chi connectivity index (χ0) is 14.5. The van der Waals surface area contributed by atoms with Crippen molar-refractivity contribution < 1.29 is 0 Å². The summed E-state index contributed by atoms with van der Waals surface area (Å²) in [4.78, 5) is 5.15. The summed E-state index contributed by atoms with van der Waals surface area (Å²) < 4.78 is 0. The first-order valence-electron chi connectivity index (χ1n) is 8.72. The minimum atomic E-state index is 0.725. The summed E-state index contributed by atoms with van der Waals surface area (Å²) >= 11 is 0. The lowest BCUT2D eigenvalue weighted by atomic mass is 9.90. The van der Waals surface area contributed by atoms with Crippen LogP contribution in [-0.2, 0) is 0 Å². The van der Waals surface area contributed by atoms with Gasteiger partial charge in [-0.1, -0.05) is 13.8 Å². The molecule has 0 saturated carbocycles. The van der Waals surface area contributed by atoms with Crippen molar-refractivity contribution in [1.82, 2.24) is 15.1 Å². The van der Waals surface area contributed by atoms with Crippen LogP contribution in [0.25, 0.3) is 0 Å². The highest BCUT2D eigenvalue weighted by Crippen LogP contribution is 2.20. The fourth-order valence-electron chi connectivity index (χ4n) is 3.70. The number of nitrogens with one attached hydrogen (secondary N) is 1. The number of likely N-dealkylation sites (tertiary alicyclic amines) is 2. The Hall–Kier alpha value is -0.120. The van der Waals surface area contributed by atoms with E-state index in [1.165, 1.54) is 58.4 Å².